The highest BCUT2D eigenvalue weighted by molar-refractivity contribution is 9.10. The molecule has 1 atom stereocenters. The Balaban J connectivity index is 2.52. The van der Waals surface area contributed by atoms with Crippen molar-refractivity contribution in [2.24, 2.45) is 5.84 Å². The fourth-order valence-electron chi connectivity index (χ4n) is 2.11. The van der Waals surface area contributed by atoms with Gasteiger partial charge >= 0.3 is 0 Å². The Morgan fingerprint density at radius 3 is 2.39 bits per heavy atom. The fourth-order valence-corrected chi connectivity index (χ4v) is 3.79. The van der Waals surface area contributed by atoms with Crippen LogP contribution in [0.5, 0.6) is 0 Å². The third-order valence-corrected chi connectivity index (χ3v) is 5.20. The van der Waals surface area contributed by atoms with E-state index in [-0.39, 0.29) is 6.04 Å². The van der Waals surface area contributed by atoms with Crippen LogP contribution >= 0.6 is 27.3 Å². The molecule has 2 rings (SSSR count). The first-order valence-electron chi connectivity index (χ1n) is 5.81. The predicted octanol–water partition coefficient (Wildman–Crippen LogP) is 3.99. The van der Waals surface area contributed by atoms with Crippen LogP contribution in [0, 0.1) is 20.8 Å². The Kier molecular flexibility index (Phi) is 4.22. The van der Waals surface area contributed by atoms with Crippen molar-refractivity contribution in [3.8, 4) is 0 Å². The van der Waals surface area contributed by atoms with Crippen molar-refractivity contribution in [2.75, 3.05) is 0 Å². The molecule has 0 spiro atoms. The first kappa shape index (κ1) is 13.7. The molecular weight excluding hydrogens is 308 g/mol. The number of hydrogen-bond acceptors (Lipinski definition) is 3. The zero-order valence-electron chi connectivity index (χ0n) is 10.8. The minimum Gasteiger partial charge on any atom is -0.271 e. The van der Waals surface area contributed by atoms with Gasteiger partial charge in [-0.05, 0) is 70.4 Å². The van der Waals surface area contributed by atoms with Gasteiger partial charge in [-0.3, -0.25) is 5.84 Å². The second-order valence-corrected chi connectivity index (χ2v) is 6.33. The first-order valence-corrected chi connectivity index (χ1v) is 7.48. The van der Waals surface area contributed by atoms with Crippen LogP contribution in [0.4, 0.5) is 0 Å². The highest BCUT2D eigenvalue weighted by Gasteiger charge is 2.19. The number of halogens is 1. The van der Waals surface area contributed by atoms with E-state index in [0.29, 0.717) is 0 Å². The van der Waals surface area contributed by atoms with E-state index >= 15 is 0 Å². The van der Waals surface area contributed by atoms with Gasteiger partial charge in [-0.2, -0.15) is 0 Å². The van der Waals surface area contributed by atoms with E-state index in [4.69, 9.17) is 5.84 Å². The molecule has 0 fully saturated rings. The molecule has 0 saturated carbocycles. The molecule has 4 heteroatoms. The smallest absolute Gasteiger partial charge is 0.0816 e. The molecule has 1 unspecified atom stereocenters. The van der Waals surface area contributed by atoms with Crippen LogP contribution < -0.4 is 11.3 Å². The van der Waals surface area contributed by atoms with Crippen LogP contribution in [-0.2, 0) is 0 Å². The summed E-state index contributed by atoms with van der Waals surface area (Å²) in [5, 5.41) is 2.07. The highest BCUT2D eigenvalue weighted by atomic mass is 79.9. The summed E-state index contributed by atoms with van der Waals surface area (Å²) < 4.78 is 1.10. The van der Waals surface area contributed by atoms with Gasteiger partial charge in [-0.15, -0.1) is 11.3 Å². The number of rotatable bonds is 3. The van der Waals surface area contributed by atoms with Crippen molar-refractivity contribution in [3.05, 3.63) is 55.2 Å². The molecule has 0 aliphatic carbocycles. The number of aryl methyl sites for hydroxylation is 3. The Morgan fingerprint density at radius 2 is 1.83 bits per heavy atom. The lowest BCUT2D eigenvalue weighted by Crippen LogP contribution is -2.29. The third-order valence-electron chi connectivity index (χ3n) is 3.27. The molecule has 1 aromatic carbocycles. The molecular formula is C14H17BrN2S. The summed E-state index contributed by atoms with van der Waals surface area (Å²) in [6.07, 6.45) is 0. The number of nitrogens with one attached hydrogen (secondary N) is 1. The van der Waals surface area contributed by atoms with Crippen LogP contribution in [0.3, 0.4) is 0 Å². The van der Waals surface area contributed by atoms with Crippen molar-refractivity contribution in [1.29, 1.82) is 0 Å². The van der Waals surface area contributed by atoms with Crippen LogP contribution in [0.2, 0.25) is 0 Å². The number of hydrazine groups is 1. The maximum Gasteiger partial charge on any atom is 0.0816 e. The van der Waals surface area contributed by atoms with E-state index in [9.17, 15) is 0 Å². The fraction of sp³-hybridized carbons (Fsp3) is 0.286. The molecule has 0 aliphatic rings. The van der Waals surface area contributed by atoms with Crippen LogP contribution in [0.25, 0.3) is 0 Å². The maximum atomic E-state index is 5.76. The minimum atomic E-state index is 0.0404. The SMILES string of the molecule is Cc1cc(C)c(C(NN)c2sccc2Br)cc1C. The molecule has 2 nitrogen and oxygen atoms in total. The summed E-state index contributed by atoms with van der Waals surface area (Å²) in [5.41, 5.74) is 8.05. The van der Waals surface area contributed by atoms with Crippen LogP contribution in [0.15, 0.2) is 28.1 Å². The molecule has 96 valence electrons. The van der Waals surface area contributed by atoms with Gasteiger partial charge in [0.05, 0.1) is 6.04 Å². The summed E-state index contributed by atoms with van der Waals surface area (Å²) >= 11 is 5.28. The van der Waals surface area contributed by atoms with E-state index < -0.39 is 0 Å². The van der Waals surface area contributed by atoms with E-state index in [1.54, 1.807) is 11.3 Å². The van der Waals surface area contributed by atoms with Gasteiger partial charge in [-0.25, -0.2) is 5.43 Å². The zero-order chi connectivity index (χ0) is 13.3. The number of thiophene rings is 1. The summed E-state index contributed by atoms with van der Waals surface area (Å²) in [7, 11) is 0. The number of hydrogen-bond donors (Lipinski definition) is 2. The van der Waals surface area contributed by atoms with Crippen LogP contribution in [0.1, 0.15) is 33.2 Å². The van der Waals surface area contributed by atoms with Crippen molar-refractivity contribution in [1.82, 2.24) is 5.43 Å². The molecule has 18 heavy (non-hydrogen) atoms. The van der Waals surface area contributed by atoms with Gasteiger partial charge in [0.15, 0.2) is 0 Å². The molecule has 1 heterocycles. The van der Waals surface area contributed by atoms with Gasteiger partial charge < -0.3 is 0 Å². The van der Waals surface area contributed by atoms with Gasteiger partial charge in [0.2, 0.25) is 0 Å². The van der Waals surface area contributed by atoms with Gasteiger partial charge in [0, 0.05) is 9.35 Å². The largest absolute Gasteiger partial charge is 0.271 e. The molecule has 0 radical (unpaired) electrons. The van der Waals surface area contributed by atoms with Gasteiger partial charge in [0.1, 0.15) is 0 Å². The van der Waals surface area contributed by atoms with Gasteiger partial charge in [0.25, 0.3) is 0 Å². The Morgan fingerprint density at radius 1 is 1.17 bits per heavy atom. The average molecular weight is 325 g/mol. The number of nitrogens with two attached hydrogens (primary N) is 1. The van der Waals surface area contributed by atoms with Crippen molar-refractivity contribution >= 4 is 27.3 Å². The molecule has 0 bridgehead atoms. The van der Waals surface area contributed by atoms with E-state index in [1.165, 1.54) is 27.1 Å². The summed E-state index contributed by atoms with van der Waals surface area (Å²) in [6.45, 7) is 6.40. The van der Waals surface area contributed by atoms with E-state index in [1.807, 2.05) is 0 Å². The molecule has 0 amide bonds. The lowest BCUT2D eigenvalue weighted by molar-refractivity contribution is 0.641. The second-order valence-electron chi connectivity index (χ2n) is 4.53. The summed E-state index contributed by atoms with van der Waals surface area (Å²) in [6, 6.07) is 6.54. The van der Waals surface area contributed by atoms with Gasteiger partial charge in [-0.1, -0.05) is 12.1 Å². The maximum absolute atomic E-state index is 5.76. The van der Waals surface area contributed by atoms with E-state index in [0.717, 1.165) is 4.47 Å². The Labute approximate surface area is 120 Å². The molecule has 0 saturated heterocycles. The van der Waals surface area contributed by atoms with Crippen molar-refractivity contribution in [2.45, 2.75) is 26.8 Å². The van der Waals surface area contributed by atoms with Crippen molar-refractivity contribution < 1.29 is 0 Å². The van der Waals surface area contributed by atoms with Crippen molar-refractivity contribution in [3.63, 3.8) is 0 Å². The monoisotopic (exact) mass is 324 g/mol. The standard InChI is InChI=1S/C14H17BrN2S/c1-8-6-10(3)11(7-9(8)2)13(17-16)14-12(15)4-5-18-14/h4-7,13,17H,16H2,1-3H3. The molecule has 0 aliphatic heterocycles. The Hall–Kier alpha value is -0.680. The molecule has 2 aromatic rings. The first-order chi connectivity index (χ1) is 8.54. The predicted molar refractivity (Wildman–Crippen MR) is 81.8 cm³/mol. The highest BCUT2D eigenvalue weighted by Crippen LogP contribution is 2.34. The Bertz CT molecular complexity index is 563. The quantitative estimate of drug-likeness (QED) is 0.661. The summed E-state index contributed by atoms with van der Waals surface area (Å²) in [5.74, 6) is 5.76. The molecule has 3 N–H and O–H groups in total. The second kappa shape index (κ2) is 5.53. The zero-order valence-corrected chi connectivity index (χ0v) is 13.2. The summed E-state index contributed by atoms with van der Waals surface area (Å²) in [4.78, 5) is 1.21. The number of benzene rings is 1. The topological polar surface area (TPSA) is 38.0 Å². The van der Waals surface area contributed by atoms with E-state index in [2.05, 4.69) is 65.7 Å². The average Bonchev–Trinajstić information content (AvgIpc) is 2.73. The lowest BCUT2D eigenvalue weighted by atomic mass is 9.95. The third kappa shape index (κ3) is 2.52. The molecule has 1 aromatic heterocycles. The van der Waals surface area contributed by atoms with Crippen LogP contribution in [-0.4, -0.2) is 0 Å². The normalized spacial score (nSPS) is 12.7. The lowest BCUT2D eigenvalue weighted by Gasteiger charge is -2.19. The minimum absolute atomic E-state index is 0.0404.